The highest BCUT2D eigenvalue weighted by Crippen LogP contribution is 2.26. The van der Waals surface area contributed by atoms with Crippen LogP contribution < -0.4 is 5.73 Å². The van der Waals surface area contributed by atoms with Crippen LogP contribution in [0.2, 0.25) is 0 Å². The molecule has 0 saturated carbocycles. The van der Waals surface area contributed by atoms with Crippen molar-refractivity contribution in [1.29, 1.82) is 0 Å². The van der Waals surface area contributed by atoms with Crippen molar-refractivity contribution in [2.24, 2.45) is 0 Å². The molecular formula is C17H16N4. The first-order valence-electron chi connectivity index (χ1n) is 6.79. The lowest BCUT2D eigenvalue weighted by Crippen LogP contribution is -2.03. The number of nitrogens with zero attached hydrogens (tertiary/aromatic N) is 3. The summed E-state index contributed by atoms with van der Waals surface area (Å²) in [4.78, 5) is 13.5. The summed E-state index contributed by atoms with van der Waals surface area (Å²) in [5.74, 6) is 1.04. The predicted molar refractivity (Wildman–Crippen MR) is 84.6 cm³/mol. The molecule has 0 bridgehead atoms. The zero-order chi connectivity index (χ0) is 14.8. The molecule has 0 spiro atoms. The van der Waals surface area contributed by atoms with Crippen LogP contribution in [0.1, 0.15) is 11.3 Å². The molecule has 0 radical (unpaired) electrons. The predicted octanol–water partition coefficient (Wildman–Crippen LogP) is 3.40. The molecule has 2 aromatic heterocycles. The molecule has 0 unspecified atom stereocenters. The van der Waals surface area contributed by atoms with Gasteiger partial charge in [-0.1, -0.05) is 36.4 Å². The number of hydrogen-bond acceptors (Lipinski definition) is 4. The molecule has 0 fully saturated rings. The molecule has 3 aromatic rings. The van der Waals surface area contributed by atoms with Gasteiger partial charge in [0, 0.05) is 16.8 Å². The van der Waals surface area contributed by atoms with Crippen molar-refractivity contribution < 1.29 is 0 Å². The van der Waals surface area contributed by atoms with Gasteiger partial charge in [0.1, 0.15) is 11.5 Å². The Hall–Kier alpha value is -2.75. The van der Waals surface area contributed by atoms with Gasteiger partial charge in [-0.2, -0.15) is 0 Å². The minimum absolute atomic E-state index is 0.488. The van der Waals surface area contributed by atoms with Crippen molar-refractivity contribution >= 4 is 5.82 Å². The van der Waals surface area contributed by atoms with Crippen molar-refractivity contribution in [2.45, 2.75) is 13.8 Å². The number of anilines is 1. The van der Waals surface area contributed by atoms with E-state index in [-0.39, 0.29) is 0 Å². The van der Waals surface area contributed by atoms with Crippen LogP contribution >= 0.6 is 0 Å². The van der Waals surface area contributed by atoms with Gasteiger partial charge in [-0.25, -0.2) is 15.0 Å². The largest absolute Gasteiger partial charge is 0.383 e. The molecule has 3 rings (SSSR count). The first kappa shape index (κ1) is 13.2. The van der Waals surface area contributed by atoms with Crippen LogP contribution in [-0.2, 0) is 0 Å². The van der Waals surface area contributed by atoms with Crippen molar-refractivity contribution in [2.75, 3.05) is 5.73 Å². The number of pyridine rings is 1. The summed E-state index contributed by atoms with van der Waals surface area (Å²) in [6.07, 6.45) is 0. The number of nitrogen functional groups attached to an aromatic ring is 1. The Kier molecular flexibility index (Phi) is 3.36. The van der Waals surface area contributed by atoms with Crippen LogP contribution in [-0.4, -0.2) is 15.0 Å². The second-order valence-corrected chi connectivity index (χ2v) is 4.94. The highest BCUT2D eigenvalue weighted by molar-refractivity contribution is 5.70. The molecule has 0 saturated heterocycles. The maximum Gasteiger partial charge on any atom is 0.180 e. The number of hydrogen-bond donors (Lipinski definition) is 1. The summed E-state index contributed by atoms with van der Waals surface area (Å²) in [5.41, 5.74) is 10.5. The zero-order valence-electron chi connectivity index (χ0n) is 12.0. The molecule has 104 valence electrons. The maximum atomic E-state index is 6.06. The van der Waals surface area contributed by atoms with E-state index in [4.69, 9.17) is 5.73 Å². The lowest BCUT2D eigenvalue weighted by atomic mass is 10.1. The minimum Gasteiger partial charge on any atom is -0.383 e. The van der Waals surface area contributed by atoms with E-state index in [1.165, 1.54) is 0 Å². The lowest BCUT2D eigenvalue weighted by molar-refractivity contribution is 1.10. The maximum absolute atomic E-state index is 6.06. The lowest BCUT2D eigenvalue weighted by Gasteiger charge is -2.10. The van der Waals surface area contributed by atoms with Crippen LogP contribution in [0.4, 0.5) is 5.82 Å². The Morgan fingerprint density at radius 2 is 1.57 bits per heavy atom. The molecule has 0 atom stereocenters. The molecule has 1 aromatic carbocycles. The highest BCUT2D eigenvalue weighted by Gasteiger charge is 2.12. The molecule has 4 heteroatoms. The van der Waals surface area contributed by atoms with Crippen molar-refractivity contribution in [3.8, 4) is 22.8 Å². The first-order valence-corrected chi connectivity index (χ1v) is 6.79. The third kappa shape index (κ3) is 2.60. The summed E-state index contributed by atoms with van der Waals surface area (Å²) in [6.45, 7) is 3.88. The quantitative estimate of drug-likeness (QED) is 0.779. The molecular weight excluding hydrogens is 260 g/mol. The Morgan fingerprint density at radius 1 is 0.810 bits per heavy atom. The van der Waals surface area contributed by atoms with E-state index in [1.54, 1.807) is 0 Å². The first-order chi connectivity index (χ1) is 10.1. The topological polar surface area (TPSA) is 64.7 Å². The van der Waals surface area contributed by atoms with Crippen molar-refractivity contribution in [3.05, 3.63) is 59.8 Å². The van der Waals surface area contributed by atoms with Crippen LogP contribution in [0.3, 0.4) is 0 Å². The van der Waals surface area contributed by atoms with Gasteiger partial charge < -0.3 is 5.73 Å². The fourth-order valence-electron chi connectivity index (χ4n) is 2.19. The average Bonchev–Trinajstić information content (AvgIpc) is 2.51. The molecule has 0 aliphatic rings. The molecule has 2 heterocycles. The number of aryl methyl sites for hydroxylation is 1. The summed E-state index contributed by atoms with van der Waals surface area (Å²) in [5, 5.41) is 0. The van der Waals surface area contributed by atoms with Crippen LogP contribution in [0, 0.1) is 13.8 Å². The Balaban J connectivity index is 2.19. The van der Waals surface area contributed by atoms with Gasteiger partial charge in [0.15, 0.2) is 5.82 Å². The van der Waals surface area contributed by atoms with Gasteiger partial charge in [-0.15, -0.1) is 0 Å². The van der Waals surface area contributed by atoms with Gasteiger partial charge in [0.25, 0.3) is 0 Å². The van der Waals surface area contributed by atoms with Gasteiger partial charge >= 0.3 is 0 Å². The van der Waals surface area contributed by atoms with E-state index in [9.17, 15) is 0 Å². The van der Waals surface area contributed by atoms with E-state index in [2.05, 4.69) is 15.0 Å². The Labute approximate surface area is 123 Å². The monoisotopic (exact) mass is 276 g/mol. The van der Waals surface area contributed by atoms with Crippen molar-refractivity contribution in [3.63, 3.8) is 0 Å². The van der Waals surface area contributed by atoms with Crippen LogP contribution in [0.25, 0.3) is 22.8 Å². The smallest absolute Gasteiger partial charge is 0.180 e. The minimum atomic E-state index is 0.488. The summed E-state index contributed by atoms with van der Waals surface area (Å²) < 4.78 is 0. The van der Waals surface area contributed by atoms with E-state index in [0.717, 1.165) is 28.2 Å². The average molecular weight is 276 g/mol. The van der Waals surface area contributed by atoms with E-state index >= 15 is 0 Å². The molecule has 0 amide bonds. The van der Waals surface area contributed by atoms with E-state index in [1.807, 2.05) is 62.4 Å². The number of nitrogens with two attached hydrogens (primary N) is 1. The normalized spacial score (nSPS) is 10.6. The second kappa shape index (κ2) is 5.32. The number of benzene rings is 1. The summed E-state index contributed by atoms with van der Waals surface area (Å²) in [7, 11) is 0. The SMILES string of the molecule is Cc1cccc(-c2nc(N)c(C)c(-c3ccccc3)n2)n1. The van der Waals surface area contributed by atoms with Gasteiger partial charge in [-0.3, -0.25) is 0 Å². The third-order valence-corrected chi connectivity index (χ3v) is 3.35. The Morgan fingerprint density at radius 3 is 2.29 bits per heavy atom. The van der Waals surface area contributed by atoms with E-state index in [0.29, 0.717) is 11.6 Å². The third-order valence-electron chi connectivity index (χ3n) is 3.35. The fraction of sp³-hybridized carbons (Fsp3) is 0.118. The highest BCUT2D eigenvalue weighted by atomic mass is 15.0. The fourth-order valence-corrected chi connectivity index (χ4v) is 2.19. The standard InChI is InChI=1S/C17H16N4/c1-11-7-6-10-14(19-11)17-20-15(12(2)16(18)21-17)13-8-4-3-5-9-13/h3-10H,1-2H3,(H2,18,20,21). The van der Waals surface area contributed by atoms with Gasteiger partial charge in [0.2, 0.25) is 0 Å². The van der Waals surface area contributed by atoms with Crippen LogP contribution in [0.15, 0.2) is 48.5 Å². The van der Waals surface area contributed by atoms with Gasteiger partial charge in [0.05, 0.1) is 5.69 Å². The number of rotatable bonds is 2. The van der Waals surface area contributed by atoms with Crippen LogP contribution in [0.5, 0.6) is 0 Å². The zero-order valence-corrected chi connectivity index (χ0v) is 12.0. The van der Waals surface area contributed by atoms with E-state index < -0.39 is 0 Å². The molecule has 0 aliphatic carbocycles. The summed E-state index contributed by atoms with van der Waals surface area (Å²) >= 11 is 0. The number of aromatic nitrogens is 3. The molecule has 21 heavy (non-hydrogen) atoms. The molecule has 2 N–H and O–H groups in total. The summed E-state index contributed by atoms with van der Waals surface area (Å²) in [6, 6.07) is 15.8. The molecule has 0 aliphatic heterocycles. The van der Waals surface area contributed by atoms with Crippen molar-refractivity contribution in [1.82, 2.24) is 15.0 Å². The molecule has 4 nitrogen and oxygen atoms in total. The van der Waals surface area contributed by atoms with Gasteiger partial charge in [-0.05, 0) is 26.0 Å². The Bertz CT molecular complexity index is 782. The second-order valence-electron chi connectivity index (χ2n) is 4.94.